The molecule has 1 unspecified atom stereocenters. The van der Waals surface area contributed by atoms with Gasteiger partial charge in [-0.05, 0) is 17.4 Å². The van der Waals surface area contributed by atoms with Crippen LogP contribution in [0.3, 0.4) is 0 Å². The van der Waals surface area contributed by atoms with Gasteiger partial charge in [0.15, 0.2) is 0 Å². The molecule has 2 aromatic heterocycles. The number of pyridine rings is 1. The Balaban J connectivity index is 1.62. The van der Waals surface area contributed by atoms with Gasteiger partial charge < -0.3 is 9.42 Å². The molecular weight excluding hydrogens is 316 g/mol. The van der Waals surface area contributed by atoms with E-state index in [4.69, 9.17) is 4.52 Å². The zero-order chi connectivity index (χ0) is 17.4. The van der Waals surface area contributed by atoms with Crippen LogP contribution in [0.5, 0.6) is 0 Å². The second kappa shape index (κ2) is 6.27. The first-order valence-electron chi connectivity index (χ1n) is 8.57. The average Bonchev–Trinajstić information content (AvgIpc) is 3.21. The standard InChI is InChI=1S/C19H20N4O2/c1-12(2)10-23-11-14(9-16(23)24)19-21-18(22-25-19)17-15-6-4-3-5-13(15)7-8-20-17/h3-8,12,14H,9-11H2,1-2H3. The zero-order valence-corrected chi connectivity index (χ0v) is 14.3. The third kappa shape index (κ3) is 2.99. The third-order valence-electron chi connectivity index (χ3n) is 4.48. The normalized spacial score (nSPS) is 17.8. The molecule has 3 aromatic rings. The number of carbonyl (C=O) groups is 1. The summed E-state index contributed by atoms with van der Waals surface area (Å²) in [6.45, 7) is 5.62. The Bertz CT molecular complexity index is 913. The molecule has 1 aliphatic heterocycles. The van der Waals surface area contributed by atoms with Crippen molar-refractivity contribution in [2.75, 3.05) is 13.1 Å². The molecule has 128 valence electrons. The van der Waals surface area contributed by atoms with Crippen LogP contribution in [0.25, 0.3) is 22.3 Å². The second-order valence-electron chi connectivity index (χ2n) is 6.93. The minimum absolute atomic E-state index is 0.0394. The molecule has 0 radical (unpaired) electrons. The van der Waals surface area contributed by atoms with Crippen molar-refractivity contribution >= 4 is 16.7 Å². The van der Waals surface area contributed by atoms with E-state index in [0.29, 0.717) is 36.3 Å². The van der Waals surface area contributed by atoms with Gasteiger partial charge in [-0.15, -0.1) is 0 Å². The Labute approximate surface area is 145 Å². The SMILES string of the molecule is CC(C)CN1CC(c2nc(-c3nccc4ccccc34)no2)CC1=O. The first kappa shape index (κ1) is 15.7. The number of hydrogen-bond acceptors (Lipinski definition) is 5. The van der Waals surface area contributed by atoms with Gasteiger partial charge in [0, 0.05) is 31.1 Å². The highest BCUT2D eigenvalue weighted by molar-refractivity contribution is 5.92. The summed E-state index contributed by atoms with van der Waals surface area (Å²) in [5.74, 6) is 1.55. The number of benzene rings is 1. The first-order chi connectivity index (χ1) is 12.1. The fourth-order valence-electron chi connectivity index (χ4n) is 3.35. The van der Waals surface area contributed by atoms with Crippen molar-refractivity contribution in [3.8, 4) is 11.5 Å². The number of amides is 1. The van der Waals surface area contributed by atoms with E-state index in [0.717, 1.165) is 17.3 Å². The van der Waals surface area contributed by atoms with Crippen LogP contribution in [0.15, 0.2) is 41.1 Å². The molecule has 1 saturated heterocycles. The van der Waals surface area contributed by atoms with Crippen molar-refractivity contribution < 1.29 is 9.32 Å². The minimum atomic E-state index is -0.0394. The maximum absolute atomic E-state index is 12.2. The van der Waals surface area contributed by atoms with Gasteiger partial charge in [-0.3, -0.25) is 9.78 Å². The Morgan fingerprint density at radius 2 is 2.12 bits per heavy atom. The lowest BCUT2D eigenvalue weighted by Crippen LogP contribution is -2.29. The van der Waals surface area contributed by atoms with Crippen LogP contribution < -0.4 is 0 Å². The second-order valence-corrected chi connectivity index (χ2v) is 6.93. The Morgan fingerprint density at radius 1 is 1.28 bits per heavy atom. The van der Waals surface area contributed by atoms with Crippen molar-refractivity contribution in [3.63, 3.8) is 0 Å². The van der Waals surface area contributed by atoms with Crippen LogP contribution in [0.2, 0.25) is 0 Å². The molecule has 0 bridgehead atoms. The van der Waals surface area contributed by atoms with Crippen molar-refractivity contribution in [1.82, 2.24) is 20.0 Å². The molecule has 1 atom stereocenters. The highest BCUT2D eigenvalue weighted by Crippen LogP contribution is 2.30. The lowest BCUT2D eigenvalue weighted by atomic mass is 10.1. The lowest BCUT2D eigenvalue weighted by Gasteiger charge is -2.18. The van der Waals surface area contributed by atoms with Crippen LogP contribution in [0.4, 0.5) is 0 Å². The van der Waals surface area contributed by atoms with Crippen LogP contribution in [0, 0.1) is 5.92 Å². The molecular formula is C19H20N4O2. The van der Waals surface area contributed by atoms with E-state index < -0.39 is 0 Å². The highest BCUT2D eigenvalue weighted by atomic mass is 16.5. The summed E-state index contributed by atoms with van der Waals surface area (Å²) in [6, 6.07) is 9.94. The number of fused-ring (bicyclic) bond motifs is 1. The number of aromatic nitrogens is 3. The summed E-state index contributed by atoms with van der Waals surface area (Å²) in [5, 5.41) is 6.18. The van der Waals surface area contributed by atoms with Gasteiger partial charge in [0.2, 0.25) is 17.6 Å². The molecule has 1 fully saturated rings. The van der Waals surface area contributed by atoms with Gasteiger partial charge in [-0.1, -0.05) is 43.3 Å². The van der Waals surface area contributed by atoms with Gasteiger partial charge in [-0.25, -0.2) is 0 Å². The summed E-state index contributed by atoms with van der Waals surface area (Å²) in [6.07, 6.45) is 2.18. The summed E-state index contributed by atoms with van der Waals surface area (Å²) in [4.78, 5) is 23.0. The number of hydrogen-bond donors (Lipinski definition) is 0. The molecule has 3 heterocycles. The molecule has 1 aromatic carbocycles. The monoisotopic (exact) mass is 336 g/mol. The Kier molecular flexibility index (Phi) is 3.95. The predicted molar refractivity (Wildman–Crippen MR) is 93.8 cm³/mol. The fourth-order valence-corrected chi connectivity index (χ4v) is 3.35. The number of rotatable bonds is 4. The predicted octanol–water partition coefficient (Wildman–Crippen LogP) is 3.26. The van der Waals surface area contributed by atoms with E-state index in [9.17, 15) is 4.79 Å². The molecule has 4 rings (SSSR count). The molecule has 6 nitrogen and oxygen atoms in total. The highest BCUT2D eigenvalue weighted by Gasteiger charge is 2.34. The van der Waals surface area contributed by atoms with E-state index in [1.54, 1.807) is 6.20 Å². The lowest BCUT2D eigenvalue weighted by molar-refractivity contribution is -0.128. The summed E-state index contributed by atoms with van der Waals surface area (Å²) >= 11 is 0. The molecule has 1 aliphatic rings. The fraction of sp³-hybridized carbons (Fsp3) is 0.368. The van der Waals surface area contributed by atoms with Crippen LogP contribution in [-0.4, -0.2) is 39.0 Å². The zero-order valence-electron chi connectivity index (χ0n) is 14.3. The maximum atomic E-state index is 12.2. The number of nitrogens with zero attached hydrogens (tertiary/aromatic N) is 4. The molecule has 6 heteroatoms. The average molecular weight is 336 g/mol. The van der Waals surface area contributed by atoms with E-state index in [1.165, 1.54) is 0 Å². The smallest absolute Gasteiger partial charge is 0.232 e. The topological polar surface area (TPSA) is 72.1 Å². The largest absolute Gasteiger partial charge is 0.342 e. The van der Waals surface area contributed by atoms with Crippen molar-refractivity contribution in [1.29, 1.82) is 0 Å². The quantitative estimate of drug-likeness (QED) is 0.731. The van der Waals surface area contributed by atoms with Gasteiger partial charge in [0.1, 0.15) is 5.69 Å². The molecule has 0 spiro atoms. The molecule has 1 amide bonds. The van der Waals surface area contributed by atoms with Crippen molar-refractivity contribution in [2.45, 2.75) is 26.2 Å². The third-order valence-corrected chi connectivity index (χ3v) is 4.48. The van der Waals surface area contributed by atoms with Gasteiger partial charge >= 0.3 is 0 Å². The maximum Gasteiger partial charge on any atom is 0.232 e. The molecule has 0 N–H and O–H groups in total. The van der Waals surface area contributed by atoms with E-state index >= 15 is 0 Å². The van der Waals surface area contributed by atoms with Crippen molar-refractivity contribution in [3.05, 3.63) is 42.4 Å². The van der Waals surface area contributed by atoms with Gasteiger partial charge in [0.25, 0.3) is 0 Å². The van der Waals surface area contributed by atoms with Crippen molar-refractivity contribution in [2.24, 2.45) is 5.92 Å². The summed E-state index contributed by atoms with van der Waals surface area (Å²) in [5.41, 5.74) is 0.705. The Hall–Kier alpha value is -2.76. The summed E-state index contributed by atoms with van der Waals surface area (Å²) in [7, 11) is 0. The van der Waals surface area contributed by atoms with Crippen LogP contribution in [0.1, 0.15) is 32.1 Å². The van der Waals surface area contributed by atoms with Gasteiger partial charge in [0.05, 0.1) is 5.92 Å². The van der Waals surface area contributed by atoms with E-state index in [-0.39, 0.29) is 11.8 Å². The van der Waals surface area contributed by atoms with E-state index in [1.807, 2.05) is 35.2 Å². The minimum Gasteiger partial charge on any atom is -0.342 e. The summed E-state index contributed by atoms with van der Waals surface area (Å²) < 4.78 is 5.47. The van der Waals surface area contributed by atoms with Gasteiger partial charge in [-0.2, -0.15) is 4.98 Å². The number of carbonyl (C=O) groups excluding carboxylic acids is 1. The Morgan fingerprint density at radius 3 is 2.96 bits per heavy atom. The molecule has 0 saturated carbocycles. The number of likely N-dealkylation sites (tertiary alicyclic amines) is 1. The first-order valence-corrected chi connectivity index (χ1v) is 8.57. The molecule has 25 heavy (non-hydrogen) atoms. The van der Waals surface area contributed by atoms with E-state index in [2.05, 4.69) is 29.0 Å². The van der Waals surface area contributed by atoms with Crippen LogP contribution in [-0.2, 0) is 4.79 Å². The van der Waals surface area contributed by atoms with Crippen LogP contribution >= 0.6 is 0 Å². The molecule has 0 aliphatic carbocycles.